The van der Waals surface area contributed by atoms with Gasteiger partial charge in [-0.05, 0) is 6.42 Å². The van der Waals surface area contributed by atoms with Crippen molar-refractivity contribution in [3.05, 3.63) is 0 Å². The molecule has 74 valence electrons. The number of alkyl halides is 1. The van der Waals surface area contributed by atoms with Crippen LogP contribution in [0.3, 0.4) is 0 Å². The van der Waals surface area contributed by atoms with Crippen LogP contribution in [0.1, 0.15) is 6.42 Å². The van der Waals surface area contributed by atoms with Gasteiger partial charge in [0.15, 0.2) is 0 Å². The van der Waals surface area contributed by atoms with E-state index in [4.69, 9.17) is 10.2 Å². The third-order valence-corrected chi connectivity index (χ3v) is 2.02. The molecular formula is C7H10FNO4. The normalized spacial score (nSPS) is 28.5. The molecule has 0 bridgehead atoms. The van der Waals surface area contributed by atoms with Gasteiger partial charge in [-0.15, -0.1) is 0 Å². The molecule has 1 amide bonds. The summed E-state index contributed by atoms with van der Waals surface area (Å²) in [5, 5.41) is 17.1. The molecule has 1 aliphatic rings. The summed E-state index contributed by atoms with van der Waals surface area (Å²) in [6.45, 7) is -0.343. The van der Waals surface area contributed by atoms with Crippen molar-refractivity contribution in [1.82, 2.24) is 4.90 Å². The predicted octanol–water partition coefficient (Wildman–Crippen LogP) is 0.409. The summed E-state index contributed by atoms with van der Waals surface area (Å²) in [5.74, 6) is -2.06. The van der Waals surface area contributed by atoms with E-state index in [1.54, 1.807) is 0 Å². The maximum atomic E-state index is 12.8. The fourth-order valence-electron chi connectivity index (χ4n) is 1.37. The van der Waals surface area contributed by atoms with Gasteiger partial charge < -0.3 is 15.1 Å². The number of piperidine rings is 1. The lowest BCUT2D eigenvalue weighted by molar-refractivity contribution is -0.144. The molecule has 1 fully saturated rings. The van der Waals surface area contributed by atoms with E-state index in [1.165, 1.54) is 0 Å². The molecule has 6 heteroatoms. The lowest BCUT2D eigenvalue weighted by Crippen LogP contribution is -2.46. The SMILES string of the molecule is O=C(O)[C@H]1C[C@@H](F)CN(C(=O)O)C1. The van der Waals surface area contributed by atoms with Crippen molar-refractivity contribution in [2.45, 2.75) is 12.6 Å². The Morgan fingerprint density at radius 2 is 1.92 bits per heavy atom. The minimum atomic E-state index is -1.37. The van der Waals surface area contributed by atoms with Crippen molar-refractivity contribution in [1.29, 1.82) is 0 Å². The second-order valence-electron chi connectivity index (χ2n) is 3.06. The molecule has 0 saturated carbocycles. The van der Waals surface area contributed by atoms with Crippen LogP contribution in [-0.2, 0) is 4.79 Å². The molecule has 1 aliphatic heterocycles. The number of carboxylic acids is 1. The molecule has 0 unspecified atom stereocenters. The van der Waals surface area contributed by atoms with Crippen LogP contribution in [0.15, 0.2) is 0 Å². The van der Waals surface area contributed by atoms with E-state index in [2.05, 4.69) is 0 Å². The Kier molecular flexibility index (Phi) is 2.69. The summed E-state index contributed by atoms with van der Waals surface area (Å²) >= 11 is 0. The Morgan fingerprint density at radius 1 is 1.31 bits per heavy atom. The standard InChI is InChI=1S/C7H10FNO4/c8-5-1-4(6(10)11)2-9(3-5)7(12)13/h4-5H,1-3H2,(H,10,11)(H,12,13)/t4-,5+/m0/s1. The number of amides is 1. The molecule has 1 heterocycles. The zero-order chi connectivity index (χ0) is 10.0. The van der Waals surface area contributed by atoms with Gasteiger partial charge in [0.1, 0.15) is 6.17 Å². The molecule has 0 aliphatic carbocycles. The quantitative estimate of drug-likeness (QED) is 0.629. The Labute approximate surface area is 73.8 Å². The zero-order valence-corrected chi connectivity index (χ0v) is 6.81. The molecule has 1 rings (SSSR count). The summed E-state index contributed by atoms with van der Waals surface area (Å²) in [6.07, 6.45) is -2.74. The van der Waals surface area contributed by atoms with E-state index in [1.807, 2.05) is 0 Å². The molecule has 0 aromatic rings. The monoisotopic (exact) mass is 191 g/mol. The number of hydrogen-bond acceptors (Lipinski definition) is 2. The minimum Gasteiger partial charge on any atom is -0.481 e. The van der Waals surface area contributed by atoms with E-state index in [-0.39, 0.29) is 19.5 Å². The van der Waals surface area contributed by atoms with Crippen LogP contribution in [0.4, 0.5) is 9.18 Å². The zero-order valence-electron chi connectivity index (χ0n) is 6.81. The minimum absolute atomic E-state index is 0.0981. The second kappa shape index (κ2) is 3.59. The van der Waals surface area contributed by atoms with Crippen LogP contribution in [0.25, 0.3) is 0 Å². The maximum Gasteiger partial charge on any atom is 0.407 e. The number of likely N-dealkylation sites (tertiary alicyclic amines) is 1. The first-order chi connectivity index (χ1) is 6.00. The van der Waals surface area contributed by atoms with Gasteiger partial charge in [-0.1, -0.05) is 0 Å². The number of carbonyl (C=O) groups is 2. The van der Waals surface area contributed by atoms with Gasteiger partial charge in [0, 0.05) is 6.54 Å². The van der Waals surface area contributed by atoms with Gasteiger partial charge in [0.05, 0.1) is 12.5 Å². The molecule has 0 radical (unpaired) electrons. The number of halogens is 1. The van der Waals surface area contributed by atoms with Crippen LogP contribution >= 0.6 is 0 Å². The van der Waals surface area contributed by atoms with E-state index in [9.17, 15) is 14.0 Å². The first kappa shape index (κ1) is 9.76. The fraction of sp³-hybridized carbons (Fsp3) is 0.714. The van der Waals surface area contributed by atoms with Crippen LogP contribution in [0.5, 0.6) is 0 Å². The van der Waals surface area contributed by atoms with Gasteiger partial charge in [-0.3, -0.25) is 4.79 Å². The van der Waals surface area contributed by atoms with Crippen molar-refractivity contribution in [2.24, 2.45) is 5.92 Å². The average Bonchev–Trinajstić information content (AvgIpc) is 2.03. The second-order valence-corrected chi connectivity index (χ2v) is 3.06. The smallest absolute Gasteiger partial charge is 0.407 e. The van der Waals surface area contributed by atoms with Crippen molar-refractivity contribution in [3.8, 4) is 0 Å². The van der Waals surface area contributed by atoms with Gasteiger partial charge >= 0.3 is 12.1 Å². The molecular weight excluding hydrogens is 181 g/mol. The van der Waals surface area contributed by atoms with Crippen LogP contribution in [-0.4, -0.2) is 46.4 Å². The summed E-state index contributed by atoms with van der Waals surface area (Å²) in [7, 11) is 0. The van der Waals surface area contributed by atoms with E-state index in [0.29, 0.717) is 0 Å². The Balaban J connectivity index is 2.62. The molecule has 1 saturated heterocycles. The Bertz CT molecular complexity index is 211. The summed E-state index contributed by atoms with van der Waals surface area (Å²) < 4.78 is 12.8. The first-order valence-corrected chi connectivity index (χ1v) is 3.85. The highest BCUT2D eigenvalue weighted by Crippen LogP contribution is 2.19. The highest BCUT2D eigenvalue weighted by Gasteiger charge is 2.33. The maximum absolute atomic E-state index is 12.8. The number of aliphatic carboxylic acids is 1. The molecule has 2 N–H and O–H groups in total. The first-order valence-electron chi connectivity index (χ1n) is 3.85. The van der Waals surface area contributed by atoms with Crippen molar-refractivity contribution in [3.63, 3.8) is 0 Å². The van der Waals surface area contributed by atoms with Crippen LogP contribution in [0, 0.1) is 5.92 Å². The lowest BCUT2D eigenvalue weighted by atomic mass is 9.97. The third kappa shape index (κ3) is 2.30. The number of nitrogens with zero attached hydrogens (tertiary/aromatic N) is 1. The molecule has 0 spiro atoms. The van der Waals surface area contributed by atoms with E-state index < -0.39 is 24.2 Å². The average molecular weight is 191 g/mol. The molecule has 2 atom stereocenters. The molecule has 13 heavy (non-hydrogen) atoms. The number of carboxylic acid groups (broad SMARTS) is 2. The van der Waals surface area contributed by atoms with Gasteiger partial charge in [-0.2, -0.15) is 0 Å². The Hall–Kier alpha value is -1.33. The molecule has 5 nitrogen and oxygen atoms in total. The largest absolute Gasteiger partial charge is 0.481 e. The van der Waals surface area contributed by atoms with Gasteiger partial charge in [-0.25, -0.2) is 9.18 Å². The summed E-state index contributed by atoms with van der Waals surface area (Å²) in [4.78, 5) is 21.7. The molecule has 0 aromatic carbocycles. The predicted molar refractivity (Wildman–Crippen MR) is 40.2 cm³/mol. The third-order valence-electron chi connectivity index (χ3n) is 2.02. The fourth-order valence-corrected chi connectivity index (χ4v) is 1.37. The highest BCUT2D eigenvalue weighted by molar-refractivity contribution is 5.72. The van der Waals surface area contributed by atoms with Crippen molar-refractivity contribution < 1.29 is 24.2 Å². The number of rotatable bonds is 1. The topological polar surface area (TPSA) is 77.8 Å². The lowest BCUT2D eigenvalue weighted by Gasteiger charge is -2.30. The van der Waals surface area contributed by atoms with E-state index >= 15 is 0 Å². The number of hydrogen-bond donors (Lipinski definition) is 2. The highest BCUT2D eigenvalue weighted by atomic mass is 19.1. The van der Waals surface area contributed by atoms with E-state index in [0.717, 1.165) is 4.90 Å². The van der Waals surface area contributed by atoms with Crippen molar-refractivity contribution >= 4 is 12.1 Å². The summed E-state index contributed by atoms with van der Waals surface area (Å²) in [5.41, 5.74) is 0. The summed E-state index contributed by atoms with van der Waals surface area (Å²) in [6, 6.07) is 0. The van der Waals surface area contributed by atoms with Crippen LogP contribution < -0.4 is 0 Å². The van der Waals surface area contributed by atoms with Gasteiger partial charge in [0.25, 0.3) is 0 Å². The van der Waals surface area contributed by atoms with Crippen LogP contribution in [0.2, 0.25) is 0 Å². The molecule has 0 aromatic heterocycles. The Morgan fingerprint density at radius 3 is 2.38 bits per heavy atom. The van der Waals surface area contributed by atoms with Crippen molar-refractivity contribution in [2.75, 3.05) is 13.1 Å². The van der Waals surface area contributed by atoms with Gasteiger partial charge in [0.2, 0.25) is 0 Å².